The zero-order chi connectivity index (χ0) is 19.1. The van der Waals surface area contributed by atoms with E-state index in [1.54, 1.807) is 48.7 Å². The molecule has 1 N–H and O–H groups in total. The molecule has 0 unspecified atom stereocenters. The van der Waals surface area contributed by atoms with Crippen LogP contribution in [0.2, 0.25) is 10.0 Å². The Morgan fingerprint density at radius 3 is 2.74 bits per heavy atom. The standard InChI is InChI=1S/C18H15Cl2N3O4/c19-12-3-4-13(20)16(10-12)27-11-17(24)21-7-9-26-18-6-5-14(22-23-18)15-2-1-8-25-15/h1-6,8,10H,7,9,11H2,(H,21,24). The molecule has 27 heavy (non-hydrogen) atoms. The van der Waals surface area contributed by atoms with E-state index in [9.17, 15) is 4.79 Å². The highest BCUT2D eigenvalue weighted by molar-refractivity contribution is 6.34. The van der Waals surface area contributed by atoms with Crippen molar-refractivity contribution >= 4 is 29.1 Å². The van der Waals surface area contributed by atoms with Crippen LogP contribution in [0.1, 0.15) is 0 Å². The van der Waals surface area contributed by atoms with Crippen molar-refractivity contribution in [1.82, 2.24) is 15.5 Å². The van der Waals surface area contributed by atoms with Gasteiger partial charge in [0.25, 0.3) is 5.91 Å². The maximum Gasteiger partial charge on any atom is 0.258 e. The van der Waals surface area contributed by atoms with Gasteiger partial charge in [-0.1, -0.05) is 23.2 Å². The van der Waals surface area contributed by atoms with Gasteiger partial charge in [-0.3, -0.25) is 4.79 Å². The Balaban J connectivity index is 1.37. The number of rotatable bonds is 8. The molecule has 0 radical (unpaired) electrons. The van der Waals surface area contributed by atoms with Gasteiger partial charge in [-0.15, -0.1) is 10.2 Å². The molecule has 0 aliphatic carbocycles. The van der Waals surface area contributed by atoms with Gasteiger partial charge in [0.05, 0.1) is 17.8 Å². The molecule has 9 heteroatoms. The molecule has 1 aromatic carbocycles. The first kappa shape index (κ1) is 19.0. The molecule has 2 aromatic heterocycles. The van der Waals surface area contributed by atoms with Crippen LogP contribution in [0.5, 0.6) is 11.6 Å². The van der Waals surface area contributed by atoms with Crippen molar-refractivity contribution in [3.05, 3.63) is 58.8 Å². The summed E-state index contributed by atoms with van der Waals surface area (Å²) in [5.41, 5.74) is 0.609. The highest BCUT2D eigenvalue weighted by Crippen LogP contribution is 2.27. The summed E-state index contributed by atoms with van der Waals surface area (Å²) >= 11 is 11.8. The highest BCUT2D eigenvalue weighted by atomic mass is 35.5. The molecule has 0 aliphatic rings. The summed E-state index contributed by atoms with van der Waals surface area (Å²) in [5.74, 6) is 1.01. The van der Waals surface area contributed by atoms with Gasteiger partial charge < -0.3 is 19.2 Å². The molecule has 0 spiro atoms. The molecule has 3 rings (SSSR count). The highest BCUT2D eigenvalue weighted by Gasteiger charge is 2.07. The molecule has 1 amide bonds. The third-order valence-corrected chi connectivity index (χ3v) is 3.89. The molecule has 0 saturated heterocycles. The summed E-state index contributed by atoms with van der Waals surface area (Å²) in [7, 11) is 0. The molecule has 2 heterocycles. The Hall–Kier alpha value is -2.77. The smallest absolute Gasteiger partial charge is 0.258 e. The average molecular weight is 408 g/mol. The number of furan rings is 1. The molecule has 0 bridgehead atoms. The van der Waals surface area contributed by atoms with Gasteiger partial charge in [0, 0.05) is 17.2 Å². The number of nitrogens with one attached hydrogen (secondary N) is 1. The topological polar surface area (TPSA) is 86.5 Å². The van der Waals surface area contributed by atoms with E-state index in [1.807, 2.05) is 0 Å². The van der Waals surface area contributed by atoms with Gasteiger partial charge in [-0.2, -0.15) is 0 Å². The summed E-state index contributed by atoms with van der Waals surface area (Å²) in [6.07, 6.45) is 1.56. The maximum absolute atomic E-state index is 11.8. The number of hydrogen-bond acceptors (Lipinski definition) is 6. The van der Waals surface area contributed by atoms with Crippen molar-refractivity contribution in [2.45, 2.75) is 0 Å². The van der Waals surface area contributed by atoms with Gasteiger partial charge in [0.1, 0.15) is 18.1 Å². The van der Waals surface area contributed by atoms with Crippen LogP contribution in [0, 0.1) is 0 Å². The molecule has 0 fully saturated rings. The zero-order valence-corrected chi connectivity index (χ0v) is 15.5. The molecular formula is C18H15Cl2N3O4. The molecule has 140 valence electrons. The number of ether oxygens (including phenoxy) is 2. The minimum Gasteiger partial charge on any atom is -0.482 e. The number of hydrogen-bond donors (Lipinski definition) is 1. The lowest BCUT2D eigenvalue weighted by Crippen LogP contribution is -2.32. The van der Waals surface area contributed by atoms with E-state index in [0.717, 1.165) is 0 Å². The van der Waals surface area contributed by atoms with Gasteiger partial charge in [0.15, 0.2) is 12.4 Å². The largest absolute Gasteiger partial charge is 0.482 e. The van der Waals surface area contributed by atoms with Crippen molar-refractivity contribution in [1.29, 1.82) is 0 Å². The van der Waals surface area contributed by atoms with Gasteiger partial charge in [-0.05, 0) is 30.3 Å². The lowest BCUT2D eigenvalue weighted by molar-refractivity contribution is -0.123. The summed E-state index contributed by atoms with van der Waals surface area (Å²) in [6, 6.07) is 11.8. The minimum atomic E-state index is -0.311. The first-order valence-electron chi connectivity index (χ1n) is 7.97. The van der Waals surface area contributed by atoms with Gasteiger partial charge in [-0.25, -0.2) is 0 Å². The van der Waals surface area contributed by atoms with E-state index in [-0.39, 0.29) is 25.7 Å². The van der Waals surface area contributed by atoms with Crippen molar-refractivity contribution in [3.8, 4) is 23.1 Å². The molecule has 3 aromatic rings. The van der Waals surface area contributed by atoms with E-state index < -0.39 is 0 Å². The molecule has 7 nitrogen and oxygen atoms in total. The fourth-order valence-electron chi connectivity index (χ4n) is 2.08. The van der Waals surface area contributed by atoms with Gasteiger partial charge >= 0.3 is 0 Å². The summed E-state index contributed by atoms with van der Waals surface area (Å²) < 4.78 is 16.0. The minimum absolute atomic E-state index is 0.183. The second-order valence-electron chi connectivity index (χ2n) is 5.30. The van der Waals surface area contributed by atoms with Gasteiger partial charge in [0.2, 0.25) is 5.88 Å². The van der Waals surface area contributed by atoms with Crippen molar-refractivity contribution in [2.24, 2.45) is 0 Å². The average Bonchev–Trinajstić information content (AvgIpc) is 3.21. The number of aromatic nitrogens is 2. The predicted molar refractivity (Wildman–Crippen MR) is 100 cm³/mol. The summed E-state index contributed by atoms with van der Waals surface area (Å²) in [5, 5.41) is 11.5. The monoisotopic (exact) mass is 407 g/mol. The van der Waals surface area contributed by atoms with Crippen molar-refractivity contribution in [2.75, 3.05) is 19.8 Å². The lowest BCUT2D eigenvalue weighted by Gasteiger charge is -2.09. The van der Waals surface area contributed by atoms with Crippen molar-refractivity contribution < 1.29 is 18.7 Å². The van der Waals surface area contributed by atoms with Crippen LogP contribution in [-0.2, 0) is 4.79 Å². The van der Waals surface area contributed by atoms with Crippen LogP contribution in [-0.4, -0.2) is 35.9 Å². The van der Waals surface area contributed by atoms with Crippen molar-refractivity contribution in [3.63, 3.8) is 0 Å². The summed E-state index contributed by atoms with van der Waals surface area (Å²) in [6.45, 7) is 0.337. The van der Waals surface area contributed by atoms with Crippen LogP contribution in [0.4, 0.5) is 0 Å². The first-order valence-corrected chi connectivity index (χ1v) is 8.72. The Morgan fingerprint density at radius 1 is 1.11 bits per heavy atom. The van der Waals surface area contributed by atoms with Crippen LogP contribution < -0.4 is 14.8 Å². The van der Waals surface area contributed by atoms with E-state index >= 15 is 0 Å². The van der Waals surface area contributed by atoms with E-state index in [0.29, 0.717) is 33.1 Å². The quantitative estimate of drug-likeness (QED) is 0.573. The normalized spacial score (nSPS) is 10.4. The molecule has 0 aliphatic heterocycles. The number of benzene rings is 1. The number of amides is 1. The van der Waals surface area contributed by atoms with Crippen LogP contribution >= 0.6 is 23.2 Å². The fraction of sp³-hybridized carbons (Fsp3) is 0.167. The number of carbonyl (C=O) groups excluding carboxylic acids is 1. The SMILES string of the molecule is O=C(COc1cc(Cl)ccc1Cl)NCCOc1ccc(-c2ccco2)nn1. The molecule has 0 saturated carbocycles. The molecule has 0 atom stereocenters. The lowest BCUT2D eigenvalue weighted by atomic mass is 10.3. The summed E-state index contributed by atoms with van der Waals surface area (Å²) in [4.78, 5) is 11.8. The Bertz CT molecular complexity index is 886. The van der Waals surface area contributed by atoms with Crippen LogP contribution in [0.25, 0.3) is 11.5 Å². The first-order chi connectivity index (χ1) is 13.1. The third-order valence-electron chi connectivity index (χ3n) is 3.34. The fourth-order valence-corrected chi connectivity index (χ4v) is 2.42. The Morgan fingerprint density at radius 2 is 2.00 bits per heavy atom. The van der Waals surface area contributed by atoms with E-state index in [2.05, 4.69) is 15.5 Å². The zero-order valence-electron chi connectivity index (χ0n) is 14.0. The van der Waals surface area contributed by atoms with Crippen LogP contribution in [0.15, 0.2) is 53.1 Å². The number of carbonyl (C=O) groups is 1. The second kappa shape index (κ2) is 9.25. The predicted octanol–water partition coefficient (Wildman–Crippen LogP) is 3.62. The van der Waals surface area contributed by atoms with E-state index in [1.165, 1.54) is 0 Å². The van der Waals surface area contributed by atoms with Crippen LogP contribution in [0.3, 0.4) is 0 Å². The Labute approximate surface area is 165 Å². The maximum atomic E-state index is 11.8. The second-order valence-corrected chi connectivity index (χ2v) is 6.14. The number of halogens is 2. The number of nitrogens with zero attached hydrogens (tertiary/aromatic N) is 2. The third kappa shape index (κ3) is 5.60. The molecular weight excluding hydrogens is 393 g/mol. The Kier molecular flexibility index (Phi) is 6.51. The van der Waals surface area contributed by atoms with E-state index in [4.69, 9.17) is 37.1 Å².